The molecule has 0 bridgehead atoms. The van der Waals surface area contributed by atoms with Gasteiger partial charge in [-0.25, -0.2) is 0 Å². The number of nitrogens with two attached hydrogens (primary N) is 1. The van der Waals surface area contributed by atoms with Crippen molar-refractivity contribution < 1.29 is 0 Å². The smallest absolute Gasteiger partial charge is 0.0409 e. The van der Waals surface area contributed by atoms with Gasteiger partial charge >= 0.3 is 0 Å². The molecule has 1 atom stereocenters. The lowest BCUT2D eigenvalue weighted by Gasteiger charge is -2.38. The summed E-state index contributed by atoms with van der Waals surface area (Å²) in [7, 11) is 2.24. The zero-order valence-electron chi connectivity index (χ0n) is 12.1. The summed E-state index contributed by atoms with van der Waals surface area (Å²) in [6.45, 7) is 2.48. The molecule has 1 saturated heterocycles. The third kappa shape index (κ3) is 2.70. The SMILES string of the molecule is CN1CCCC(c2ccc(C3(N)CCC3)cc2)CC1. The van der Waals surface area contributed by atoms with Crippen LogP contribution in [0.25, 0.3) is 0 Å². The van der Waals surface area contributed by atoms with E-state index in [1.807, 2.05) is 0 Å². The summed E-state index contributed by atoms with van der Waals surface area (Å²) in [6.07, 6.45) is 7.54. The minimum Gasteiger partial charge on any atom is -0.321 e. The van der Waals surface area contributed by atoms with Gasteiger partial charge in [-0.2, -0.15) is 0 Å². The summed E-state index contributed by atoms with van der Waals surface area (Å²) in [5, 5.41) is 0. The molecule has 0 radical (unpaired) electrons. The fraction of sp³-hybridized carbons (Fsp3) is 0.647. The van der Waals surface area contributed by atoms with E-state index in [-0.39, 0.29) is 5.54 Å². The van der Waals surface area contributed by atoms with Gasteiger partial charge in [0, 0.05) is 5.54 Å². The Kier molecular flexibility index (Phi) is 3.64. The van der Waals surface area contributed by atoms with Crippen LogP contribution in [0.1, 0.15) is 55.6 Å². The van der Waals surface area contributed by atoms with Gasteiger partial charge in [0.1, 0.15) is 0 Å². The molecule has 2 heteroatoms. The molecule has 1 aromatic carbocycles. The zero-order chi connectivity index (χ0) is 13.3. The first kappa shape index (κ1) is 13.1. The van der Waals surface area contributed by atoms with Crippen LogP contribution in [-0.2, 0) is 5.54 Å². The number of likely N-dealkylation sites (tertiary alicyclic amines) is 1. The van der Waals surface area contributed by atoms with Crippen molar-refractivity contribution >= 4 is 0 Å². The minimum absolute atomic E-state index is 0.0117. The van der Waals surface area contributed by atoms with E-state index in [2.05, 4.69) is 36.2 Å². The maximum absolute atomic E-state index is 6.39. The highest BCUT2D eigenvalue weighted by atomic mass is 15.1. The van der Waals surface area contributed by atoms with Crippen molar-refractivity contribution in [1.82, 2.24) is 4.90 Å². The summed E-state index contributed by atoms with van der Waals surface area (Å²) in [4.78, 5) is 2.46. The first-order valence-corrected chi connectivity index (χ1v) is 7.75. The lowest BCUT2D eigenvalue weighted by atomic mass is 9.72. The molecular weight excluding hydrogens is 232 g/mol. The molecule has 2 fully saturated rings. The van der Waals surface area contributed by atoms with Crippen molar-refractivity contribution in [2.45, 2.75) is 50.0 Å². The Bertz CT molecular complexity index is 419. The molecular formula is C17H26N2. The van der Waals surface area contributed by atoms with Crippen molar-refractivity contribution in [3.63, 3.8) is 0 Å². The molecule has 0 spiro atoms. The van der Waals surface area contributed by atoms with Gasteiger partial charge in [-0.1, -0.05) is 24.3 Å². The van der Waals surface area contributed by atoms with E-state index in [1.165, 1.54) is 49.9 Å². The van der Waals surface area contributed by atoms with Gasteiger partial charge in [-0.15, -0.1) is 0 Å². The second-order valence-electron chi connectivity index (χ2n) is 6.56. The van der Waals surface area contributed by atoms with Crippen LogP contribution in [0.15, 0.2) is 24.3 Å². The molecule has 0 aromatic heterocycles. The number of benzene rings is 1. The average Bonchev–Trinajstić information content (AvgIpc) is 2.61. The molecule has 2 nitrogen and oxygen atoms in total. The Morgan fingerprint density at radius 3 is 2.42 bits per heavy atom. The standard InChI is InChI=1S/C17H26N2/c1-19-12-2-4-14(9-13-19)15-5-7-16(8-6-15)17(18)10-3-11-17/h5-8,14H,2-4,9-13,18H2,1H3. The van der Waals surface area contributed by atoms with E-state index >= 15 is 0 Å². The summed E-state index contributed by atoms with van der Waals surface area (Å²) in [5.41, 5.74) is 9.23. The Balaban J connectivity index is 1.71. The molecule has 1 aliphatic heterocycles. The Hall–Kier alpha value is -0.860. The molecule has 1 unspecified atom stereocenters. The Labute approximate surface area is 117 Å². The normalized spacial score (nSPS) is 27.6. The molecule has 0 amide bonds. The molecule has 2 N–H and O–H groups in total. The van der Waals surface area contributed by atoms with Gasteiger partial charge < -0.3 is 10.6 Å². The predicted molar refractivity (Wildman–Crippen MR) is 80.2 cm³/mol. The topological polar surface area (TPSA) is 29.3 Å². The van der Waals surface area contributed by atoms with Crippen LogP contribution >= 0.6 is 0 Å². The minimum atomic E-state index is -0.0117. The highest BCUT2D eigenvalue weighted by Crippen LogP contribution is 2.39. The summed E-state index contributed by atoms with van der Waals surface area (Å²) in [6, 6.07) is 9.22. The van der Waals surface area contributed by atoms with Gasteiger partial charge in [-0.05, 0) is 75.7 Å². The van der Waals surface area contributed by atoms with E-state index < -0.39 is 0 Å². The molecule has 1 aromatic rings. The number of rotatable bonds is 2. The number of nitrogens with zero attached hydrogens (tertiary/aromatic N) is 1. The second-order valence-corrected chi connectivity index (χ2v) is 6.56. The molecule has 1 heterocycles. The van der Waals surface area contributed by atoms with Crippen molar-refractivity contribution in [3.8, 4) is 0 Å². The third-order valence-electron chi connectivity index (χ3n) is 5.15. The van der Waals surface area contributed by atoms with Crippen molar-refractivity contribution in [1.29, 1.82) is 0 Å². The van der Waals surface area contributed by atoms with Gasteiger partial charge in [0.05, 0.1) is 0 Å². The van der Waals surface area contributed by atoms with Crippen molar-refractivity contribution in [2.75, 3.05) is 20.1 Å². The summed E-state index contributed by atoms with van der Waals surface area (Å²) < 4.78 is 0. The lowest BCUT2D eigenvalue weighted by Crippen LogP contribution is -2.43. The maximum atomic E-state index is 6.39. The molecule has 2 aliphatic rings. The number of hydrogen-bond donors (Lipinski definition) is 1. The molecule has 1 aliphatic carbocycles. The highest BCUT2D eigenvalue weighted by Gasteiger charge is 2.34. The van der Waals surface area contributed by atoms with E-state index in [0.29, 0.717) is 0 Å². The molecule has 1 saturated carbocycles. The van der Waals surface area contributed by atoms with E-state index in [9.17, 15) is 0 Å². The fourth-order valence-electron chi connectivity index (χ4n) is 3.51. The van der Waals surface area contributed by atoms with Crippen molar-refractivity contribution in [2.24, 2.45) is 5.73 Å². The van der Waals surface area contributed by atoms with Crippen LogP contribution in [0.4, 0.5) is 0 Å². The third-order valence-corrected chi connectivity index (χ3v) is 5.15. The predicted octanol–water partition coefficient (Wildman–Crippen LogP) is 3.22. The van der Waals surface area contributed by atoms with Crippen LogP contribution in [0, 0.1) is 0 Å². The quantitative estimate of drug-likeness (QED) is 0.882. The van der Waals surface area contributed by atoms with Gasteiger partial charge in [-0.3, -0.25) is 0 Å². The van der Waals surface area contributed by atoms with Crippen LogP contribution in [0.2, 0.25) is 0 Å². The van der Waals surface area contributed by atoms with E-state index in [0.717, 1.165) is 18.8 Å². The van der Waals surface area contributed by atoms with Crippen LogP contribution in [-0.4, -0.2) is 25.0 Å². The average molecular weight is 258 g/mol. The first-order chi connectivity index (χ1) is 9.17. The van der Waals surface area contributed by atoms with Gasteiger partial charge in [0.15, 0.2) is 0 Å². The molecule has 3 rings (SSSR count). The van der Waals surface area contributed by atoms with Crippen LogP contribution in [0.5, 0.6) is 0 Å². The lowest BCUT2D eigenvalue weighted by molar-refractivity contribution is 0.253. The monoisotopic (exact) mass is 258 g/mol. The first-order valence-electron chi connectivity index (χ1n) is 7.75. The molecule has 104 valence electrons. The molecule has 19 heavy (non-hydrogen) atoms. The van der Waals surface area contributed by atoms with Crippen LogP contribution in [0.3, 0.4) is 0 Å². The largest absolute Gasteiger partial charge is 0.321 e. The van der Waals surface area contributed by atoms with E-state index in [1.54, 1.807) is 0 Å². The van der Waals surface area contributed by atoms with Crippen LogP contribution < -0.4 is 5.73 Å². The van der Waals surface area contributed by atoms with Crippen molar-refractivity contribution in [3.05, 3.63) is 35.4 Å². The maximum Gasteiger partial charge on any atom is 0.0409 e. The number of hydrogen-bond acceptors (Lipinski definition) is 2. The Morgan fingerprint density at radius 2 is 1.79 bits per heavy atom. The van der Waals surface area contributed by atoms with Gasteiger partial charge in [0.2, 0.25) is 0 Å². The highest BCUT2D eigenvalue weighted by molar-refractivity contribution is 5.31. The van der Waals surface area contributed by atoms with E-state index in [4.69, 9.17) is 5.73 Å². The second kappa shape index (κ2) is 5.26. The Morgan fingerprint density at radius 1 is 1.05 bits per heavy atom. The fourth-order valence-corrected chi connectivity index (χ4v) is 3.51. The summed E-state index contributed by atoms with van der Waals surface area (Å²) in [5.74, 6) is 0.745. The zero-order valence-corrected chi connectivity index (χ0v) is 12.1. The summed E-state index contributed by atoms with van der Waals surface area (Å²) >= 11 is 0. The van der Waals surface area contributed by atoms with Gasteiger partial charge in [0.25, 0.3) is 0 Å².